The van der Waals surface area contributed by atoms with Crippen molar-refractivity contribution in [3.63, 3.8) is 0 Å². The Morgan fingerprint density at radius 2 is 2.40 bits per heavy atom. The van der Waals surface area contributed by atoms with Gasteiger partial charge < -0.3 is 16.2 Å². The fraction of sp³-hybridized carbons (Fsp3) is 0.167. The normalized spacial score (nSPS) is 16.8. The Balaban J connectivity index is 2.74. The fourth-order valence-electron chi connectivity index (χ4n) is 0.652. The number of rotatable bonds is 1. The lowest BCUT2D eigenvalue weighted by Crippen LogP contribution is -2.27. The third kappa shape index (κ3) is 1.28. The molecule has 0 aliphatic carbocycles. The summed E-state index contributed by atoms with van der Waals surface area (Å²) in [5.41, 5.74) is 5.64. The molecule has 10 heavy (non-hydrogen) atoms. The second-order valence-corrected chi connectivity index (χ2v) is 1.97. The first-order valence-corrected chi connectivity index (χ1v) is 2.83. The van der Waals surface area contributed by atoms with Crippen molar-refractivity contribution in [3.05, 3.63) is 23.5 Å². The highest BCUT2D eigenvalue weighted by atomic mass is 16.4. The fourth-order valence-corrected chi connectivity index (χ4v) is 0.652. The molecular formula is C6H8N2O2. The van der Waals surface area contributed by atoms with Crippen molar-refractivity contribution in [1.82, 2.24) is 5.32 Å². The van der Waals surface area contributed by atoms with Gasteiger partial charge in [-0.15, -0.1) is 0 Å². The average Bonchev–Trinajstić information content (AvgIpc) is 1.88. The Hall–Kier alpha value is -1.45. The lowest BCUT2D eigenvalue weighted by molar-refractivity contribution is -0.132. The first kappa shape index (κ1) is 6.67. The molecule has 54 valence electrons. The molecule has 0 radical (unpaired) electrons. The van der Waals surface area contributed by atoms with Crippen molar-refractivity contribution in [1.29, 1.82) is 0 Å². The molecule has 1 rings (SSSR count). The molecule has 0 bridgehead atoms. The average molecular weight is 140 g/mol. The first-order valence-electron chi connectivity index (χ1n) is 2.83. The summed E-state index contributed by atoms with van der Waals surface area (Å²) in [4.78, 5) is 10.3. The van der Waals surface area contributed by atoms with Gasteiger partial charge in [0.15, 0.2) is 0 Å². The van der Waals surface area contributed by atoms with E-state index in [0.29, 0.717) is 17.9 Å². The highest BCUT2D eigenvalue weighted by Crippen LogP contribution is 1.99. The number of carboxylic acids is 1. The second kappa shape index (κ2) is 2.43. The summed E-state index contributed by atoms with van der Waals surface area (Å²) in [5, 5.41) is 11.1. The van der Waals surface area contributed by atoms with E-state index in [0.717, 1.165) is 0 Å². The van der Waals surface area contributed by atoms with E-state index in [-0.39, 0.29) is 0 Å². The zero-order valence-electron chi connectivity index (χ0n) is 5.29. The second-order valence-electron chi connectivity index (χ2n) is 1.97. The maximum Gasteiger partial charge on any atom is 0.333 e. The van der Waals surface area contributed by atoms with Gasteiger partial charge in [-0.2, -0.15) is 0 Å². The molecule has 1 heterocycles. The molecule has 4 nitrogen and oxygen atoms in total. The molecular weight excluding hydrogens is 132 g/mol. The molecule has 0 aromatic carbocycles. The van der Waals surface area contributed by atoms with E-state index in [9.17, 15) is 4.79 Å². The minimum absolute atomic E-state index is 0.303. The predicted molar refractivity (Wildman–Crippen MR) is 36.0 cm³/mol. The number of hydrogen-bond donors (Lipinski definition) is 3. The Morgan fingerprint density at radius 1 is 1.70 bits per heavy atom. The number of carbonyl (C=O) groups is 1. The van der Waals surface area contributed by atoms with E-state index < -0.39 is 5.97 Å². The summed E-state index contributed by atoms with van der Waals surface area (Å²) in [5.74, 6) is -0.402. The number of dihydropyridines is 1. The van der Waals surface area contributed by atoms with Gasteiger partial charge in [0, 0.05) is 6.54 Å². The molecule has 0 unspecified atom stereocenters. The molecule has 0 fully saturated rings. The molecule has 1 aliphatic rings. The quantitative estimate of drug-likeness (QED) is 0.454. The van der Waals surface area contributed by atoms with Gasteiger partial charge in [-0.1, -0.05) is 0 Å². The van der Waals surface area contributed by atoms with Gasteiger partial charge in [0.2, 0.25) is 0 Å². The van der Waals surface area contributed by atoms with Crippen molar-refractivity contribution >= 4 is 5.97 Å². The van der Waals surface area contributed by atoms with E-state index >= 15 is 0 Å². The molecule has 0 atom stereocenters. The summed E-state index contributed by atoms with van der Waals surface area (Å²) in [7, 11) is 0. The van der Waals surface area contributed by atoms with Crippen LogP contribution in [0.15, 0.2) is 23.5 Å². The summed E-state index contributed by atoms with van der Waals surface area (Å²) in [6.45, 7) is 0.303. The molecule has 0 amide bonds. The number of allylic oxidation sites excluding steroid dienone is 2. The topological polar surface area (TPSA) is 75.4 Å². The van der Waals surface area contributed by atoms with Crippen LogP contribution in [-0.4, -0.2) is 17.6 Å². The standard InChI is InChI=1S/C6H8N2O2/c7-5-2-1-4(3-8-5)6(9)10/h1-2,8H,3,7H2,(H,9,10). The van der Waals surface area contributed by atoms with E-state index in [4.69, 9.17) is 10.8 Å². The molecule has 0 aromatic heterocycles. The van der Waals surface area contributed by atoms with Crippen molar-refractivity contribution in [2.75, 3.05) is 6.54 Å². The van der Waals surface area contributed by atoms with Crippen LogP contribution in [0.1, 0.15) is 0 Å². The molecule has 0 spiro atoms. The van der Waals surface area contributed by atoms with Crippen LogP contribution in [0.25, 0.3) is 0 Å². The lowest BCUT2D eigenvalue weighted by atomic mass is 10.2. The van der Waals surface area contributed by atoms with Gasteiger partial charge in [0.05, 0.1) is 11.4 Å². The smallest absolute Gasteiger partial charge is 0.333 e. The van der Waals surface area contributed by atoms with Crippen molar-refractivity contribution in [2.45, 2.75) is 0 Å². The molecule has 4 N–H and O–H groups in total. The minimum atomic E-state index is -0.906. The molecule has 0 saturated heterocycles. The Morgan fingerprint density at radius 3 is 2.80 bits per heavy atom. The van der Waals surface area contributed by atoms with Crippen molar-refractivity contribution in [2.24, 2.45) is 5.73 Å². The van der Waals surface area contributed by atoms with Gasteiger partial charge >= 0.3 is 5.97 Å². The van der Waals surface area contributed by atoms with Crippen LogP contribution < -0.4 is 11.1 Å². The summed E-state index contributed by atoms with van der Waals surface area (Å²) in [6.07, 6.45) is 3.03. The van der Waals surface area contributed by atoms with Gasteiger partial charge in [0.25, 0.3) is 0 Å². The maximum absolute atomic E-state index is 10.3. The maximum atomic E-state index is 10.3. The monoisotopic (exact) mass is 140 g/mol. The zero-order valence-corrected chi connectivity index (χ0v) is 5.29. The number of carboxylic acid groups (broad SMARTS) is 1. The van der Waals surface area contributed by atoms with Gasteiger partial charge in [-0.3, -0.25) is 0 Å². The third-order valence-electron chi connectivity index (χ3n) is 1.22. The number of aliphatic carboxylic acids is 1. The minimum Gasteiger partial charge on any atom is -0.478 e. The molecule has 4 heteroatoms. The van der Waals surface area contributed by atoms with Crippen LogP contribution in [0.5, 0.6) is 0 Å². The van der Waals surface area contributed by atoms with Crippen LogP contribution in [0.3, 0.4) is 0 Å². The third-order valence-corrected chi connectivity index (χ3v) is 1.22. The SMILES string of the molecule is NC1=CC=C(C(=O)O)CN1. The number of hydrogen-bond acceptors (Lipinski definition) is 3. The first-order chi connectivity index (χ1) is 4.70. The van der Waals surface area contributed by atoms with E-state index in [1.165, 1.54) is 12.2 Å². The van der Waals surface area contributed by atoms with Crippen LogP contribution >= 0.6 is 0 Å². The van der Waals surface area contributed by atoms with Gasteiger partial charge in [-0.05, 0) is 12.2 Å². The largest absolute Gasteiger partial charge is 0.478 e. The summed E-state index contributed by atoms with van der Waals surface area (Å²) in [6, 6.07) is 0. The van der Waals surface area contributed by atoms with E-state index in [2.05, 4.69) is 5.32 Å². The molecule has 0 aromatic rings. The van der Waals surface area contributed by atoms with Crippen LogP contribution in [0, 0.1) is 0 Å². The van der Waals surface area contributed by atoms with E-state index in [1.54, 1.807) is 0 Å². The van der Waals surface area contributed by atoms with E-state index in [1.807, 2.05) is 0 Å². The highest BCUT2D eigenvalue weighted by Gasteiger charge is 2.08. The zero-order chi connectivity index (χ0) is 7.56. The summed E-state index contributed by atoms with van der Waals surface area (Å²) < 4.78 is 0. The van der Waals surface area contributed by atoms with Crippen molar-refractivity contribution in [3.8, 4) is 0 Å². The lowest BCUT2D eigenvalue weighted by Gasteiger charge is -2.10. The Bertz CT molecular complexity index is 218. The van der Waals surface area contributed by atoms with Crippen molar-refractivity contribution < 1.29 is 9.90 Å². The Labute approximate surface area is 58.0 Å². The Kier molecular flexibility index (Phi) is 1.62. The summed E-state index contributed by atoms with van der Waals surface area (Å²) >= 11 is 0. The molecule has 0 saturated carbocycles. The van der Waals surface area contributed by atoms with Gasteiger partial charge in [-0.25, -0.2) is 4.79 Å². The van der Waals surface area contributed by atoms with Crippen LogP contribution in [0.2, 0.25) is 0 Å². The number of nitrogens with two attached hydrogens (primary N) is 1. The van der Waals surface area contributed by atoms with Crippen LogP contribution in [0.4, 0.5) is 0 Å². The molecule has 1 aliphatic heterocycles. The van der Waals surface area contributed by atoms with Crippen LogP contribution in [-0.2, 0) is 4.79 Å². The highest BCUT2D eigenvalue weighted by molar-refractivity contribution is 5.87. The predicted octanol–water partition coefficient (Wildman–Crippen LogP) is -0.599. The number of nitrogens with one attached hydrogen (secondary N) is 1. The van der Waals surface area contributed by atoms with Gasteiger partial charge in [0.1, 0.15) is 0 Å².